The SMILES string of the molecule is CCNC(=NCCS(N)(=O)=O)NC1CCN(CC(F)(F)F)C1.I. The monoisotopic (exact) mass is 473 g/mol. The van der Waals surface area contributed by atoms with Crippen LogP contribution in [0.2, 0.25) is 0 Å². The average Bonchev–Trinajstić information content (AvgIpc) is 2.72. The first-order valence-electron chi connectivity index (χ1n) is 6.93. The van der Waals surface area contributed by atoms with Crippen molar-refractivity contribution >= 4 is 40.0 Å². The summed E-state index contributed by atoms with van der Waals surface area (Å²) in [6, 6.07) is -0.158. The van der Waals surface area contributed by atoms with Crippen molar-refractivity contribution in [3.05, 3.63) is 0 Å². The van der Waals surface area contributed by atoms with Gasteiger partial charge in [-0.2, -0.15) is 13.2 Å². The van der Waals surface area contributed by atoms with E-state index in [-0.39, 0.29) is 48.9 Å². The number of halogens is 4. The maximum absolute atomic E-state index is 12.3. The number of primary sulfonamides is 1. The van der Waals surface area contributed by atoms with E-state index < -0.39 is 22.7 Å². The Morgan fingerprint density at radius 1 is 1.43 bits per heavy atom. The number of likely N-dealkylation sites (tertiary alicyclic amines) is 1. The molecule has 138 valence electrons. The van der Waals surface area contributed by atoms with Crippen LogP contribution in [0.25, 0.3) is 0 Å². The molecule has 1 saturated heterocycles. The van der Waals surface area contributed by atoms with Gasteiger partial charge in [-0.25, -0.2) is 13.6 Å². The first kappa shape index (κ1) is 22.7. The van der Waals surface area contributed by atoms with E-state index >= 15 is 0 Å². The summed E-state index contributed by atoms with van der Waals surface area (Å²) >= 11 is 0. The van der Waals surface area contributed by atoms with Crippen molar-refractivity contribution in [3.63, 3.8) is 0 Å². The summed E-state index contributed by atoms with van der Waals surface area (Å²) in [6.07, 6.45) is -3.64. The molecule has 1 rings (SSSR count). The van der Waals surface area contributed by atoms with E-state index in [0.717, 1.165) is 0 Å². The van der Waals surface area contributed by atoms with Crippen LogP contribution in [0.5, 0.6) is 0 Å². The Hall–Kier alpha value is -0.340. The van der Waals surface area contributed by atoms with Gasteiger partial charge in [0.05, 0.1) is 18.8 Å². The Morgan fingerprint density at radius 3 is 2.61 bits per heavy atom. The molecule has 0 aromatic heterocycles. The van der Waals surface area contributed by atoms with Crippen LogP contribution in [0.4, 0.5) is 13.2 Å². The van der Waals surface area contributed by atoms with Gasteiger partial charge in [-0.15, -0.1) is 24.0 Å². The Morgan fingerprint density at radius 2 is 2.09 bits per heavy atom. The third-order valence-corrected chi connectivity index (χ3v) is 3.76. The van der Waals surface area contributed by atoms with Crippen LogP contribution in [0.1, 0.15) is 13.3 Å². The quantitative estimate of drug-likeness (QED) is 0.289. The standard InChI is InChI=1S/C11H22F3N5O2S.HI/c1-2-16-10(17-4-6-22(15,20)21)18-9-3-5-19(7-9)8-11(12,13)14;/h9H,2-8H2,1H3,(H2,15,20,21)(H2,16,17,18);1H. The fourth-order valence-corrected chi connectivity index (χ4v) is 2.49. The van der Waals surface area contributed by atoms with Crippen molar-refractivity contribution in [1.29, 1.82) is 0 Å². The molecule has 0 bridgehead atoms. The number of nitrogens with one attached hydrogen (secondary N) is 2. The highest BCUT2D eigenvalue weighted by atomic mass is 127. The Bertz CT molecular complexity index is 487. The van der Waals surface area contributed by atoms with Crippen molar-refractivity contribution in [2.45, 2.75) is 25.6 Å². The zero-order chi connectivity index (χ0) is 16.8. The van der Waals surface area contributed by atoms with Gasteiger partial charge in [0.25, 0.3) is 0 Å². The van der Waals surface area contributed by atoms with Crippen LogP contribution < -0.4 is 15.8 Å². The predicted molar refractivity (Wildman–Crippen MR) is 93.4 cm³/mol. The average molecular weight is 473 g/mol. The van der Waals surface area contributed by atoms with Gasteiger partial charge >= 0.3 is 6.18 Å². The summed E-state index contributed by atoms with van der Waals surface area (Å²) in [5.41, 5.74) is 0. The van der Waals surface area contributed by atoms with E-state index in [1.54, 1.807) is 0 Å². The van der Waals surface area contributed by atoms with Gasteiger partial charge in [0.1, 0.15) is 0 Å². The lowest BCUT2D eigenvalue weighted by atomic mass is 10.3. The third-order valence-electron chi connectivity index (χ3n) is 3.01. The Kier molecular flexibility index (Phi) is 9.69. The molecule has 1 heterocycles. The van der Waals surface area contributed by atoms with Gasteiger partial charge in [-0.05, 0) is 13.3 Å². The molecule has 0 saturated carbocycles. The highest BCUT2D eigenvalue weighted by molar-refractivity contribution is 14.0. The van der Waals surface area contributed by atoms with Crippen LogP contribution >= 0.6 is 24.0 Å². The zero-order valence-corrected chi connectivity index (χ0v) is 15.9. The van der Waals surface area contributed by atoms with Gasteiger partial charge in [0.2, 0.25) is 10.0 Å². The molecule has 1 aliphatic rings. The molecule has 0 aromatic carbocycles. The first-order valence-corrected chi connectivity index (χ1v) is 8.65. The zero-order valence-electron chi connectivity index (χ0n) is 12.8. The first-order chi connectivity index (χ1) is 10.1. The highest BCUT2D eigenvalue weighted by Gasteiger charge is 2.34. The number of hydrogen-bond donors (Lipinski definition) is 3. The molecule has 23 heavy (non-hydrogen) atoms. The molecule has 0 radical (unpaired) electrons. The fourth-order valence-electron chi connectivity index (χ4n) is 2.15. The molecule has 7 nitrogen and oxygen atoms in total. The van der Waals surface area contributed by atoms with Crippen LogP contribution in [-0.4, -0.2) is 70.0 Å². The topological polar surface area (TPSA) is 99.8 Å². The number of nitrogens with zero attached hydrogens (tertiary/aromatic N) is 2. The van der Waals surface area contributed by atoms with Crippen LogP contribution in [-0.2, 0) is 10.0 Å². The summed E-state index contributed by atoms with van der Waals surface area (Å²) in [6.45, 7) is 2.08. The van der Waals surface area contributed by atoms with Crippen molar-refractivity contribution in [2.24, 2.45) is 10.1 Å². The normalized spacial score (nSPS) is 20.2. The van der Waals surface area contributed by atoms with E-state index in [1.165, 1.54) is 4.90 Å². The van der Waals surface area contributed by atoms with Crippen LogP contribution in [0.15, 0.2) is 4.99 Å². The molecule has 1 aliphatic heterocycles. The third kappa shape index (κ3) is 10.9. The number of alkyl halides is 3. The van der Waals surface area contributed by atoms with E-state index in [0.29, 0.717) is 25.5 Å². The van der Waals surface area contributed by atoms with Crippen molar-refractivity contribution < 1.29 is 21.6 Å². The molecule has 1 atom stereocenters. The second-order valence-corrected chi connectivity index (χ2v) is 6.84. The summed E-state index contributed by atoms with van der Waals surface area (Å²) in [4.78, 5) is 5.38. The Balaban J connectivity index is 0.00000484. The second kappa shape index (κ2) is 9.84. The molecule has 12 heteroatoms. The van der Waals surface area contributed by atoms with Gasteiger partial charge in [-0.1, -0.05) is 0 Å². The minimum Gasteiger partial charge on any atom is -0.357 e. The summed E-state index contributed by atoms with van der Waals surface area (Å²) in [5, 5.41) is 10.8. The molecular formula is C11H23F3IN5O2S. The van der Waals surface area contributed by atoms with Crippen molar-refractivity contribution in [3.8, 4) is 0 Å². The molecule has 0 amide bonds. The van der Waals surface area contributed by atoms with E-state index in [4.69, 9.17) is 5.14 Å². The highest BCUT2D eigenvalue weighted by Crippen LogP contribution is 2.19. The molecule has 0 spiro atoms. The van der Waals surface area contributed by atoms with Gasteiger partial charge in [0.15, 0.2) is 5.96 Å². The number of sulfonamides is 1. The van der Waals surface area contributed by atoms with Gasteiger partial charge in [-0.3, -0.25) is 9.89 Å². The minimum absolute atomic E-state index is 0. The van der Waals surface area contributed by atoms with Crippen molar-refractivity contribution in [2.75, 3.05) is 38.5 Å². The molecular weight excluding hydrogens is 450 g/mol. The van der Waals surface area contributed by atoms with Crippen molar-refractivity contribution in [1.82, 2.24) is 15.5 Å². The van der Waals surface area contributed by atoms with E-state index in [1.807, 2.05) is 6.92 Å². The summed E-state index contributed by atoms with van der Waals surface area (Å²) in [7, 11) is -3.59. The number of guanidine groups is 1. The molecule has 1 fully saturated rings. The van der Waals surface area contributed by atoms with Gasteiger partial charge in [0, 0.05) is 25.7 Å². The lowest BCUT2D eigenvalue weighted by molar-refractivity contribution is -0.143. The molecule has 0 aliphatic carbocycles. The minimum atomic E-state index is -4.21. The number of aliphatic imine (C=N–C) groups is 1. The van der Waals surface area contributed by atoms with Crippen LogP contribution in [0.3, 0.4) is 0 Å². The fraction of sp³-hybridized carbons (Fsp3) is 0.909. The number of rotatable bonds is 6. The smallest absolute Gasteiger partial charge is 0.357 e. The second-order valence-electron chi connectivity index (χ2n) is 5.11. The molecule has 0 aromatic rings. The molecule has 4 N–H and O–H groups in total. The number of hydrogen-bond acceptors (Lipinski definition) is 4. The maximum Gasteiger partial charge on any atom is 0.401 e. The molecule has 1 unspecified atom stereocenters. The summed E-state index contributed by atoms with van der Waals surface area (Å²) < 4.78 is 58.7. The lowest BCUT2D eigenvalue weighted by Gasteiger charge is -2.19. The maximum atomic E-state index is 12.3. The van der Waals surface area contributed by atoms with Crippen LogP contribution in [0, 0.1) is 0 Å². The predicted octanol–water partition coefficient (Wildman–Crippen LogP) is 0.0846. The summed E-state index contributed by atoms with van der Waals surface area (Å²) in [5.74, 6) is 0.0963. The van der Waals surface area contributed by atoms with E-state index in [9.17, 15) is 21.6 Å². The number of nitrogens with two attached hydrogens (primary N) is 1. The largest absolute Gasteiger partial charge is 0.401 e. The van der Waals surface area contributed by atoms with Gasteiger partial charge < -0.3 is 10.6 Å². The Labute approximate surface area is 151 Å². The lowest BCUT2D eigenvalue weighted by Crippen LogP contribution is -2.45. The van der Waals surface area contributed by atoms with E-state index in [2.05, 4.69) is 15.6 Å².